The first kappa shape index (κ1) is 12.5. The number of benzene rings is 2. The van der Waals surface area contributed by atoms with Crippen molar-refractivity contribution in [2.24, 2.45) is 0 Å². The van der Waals surface area contributed by atoms with Gasteiger partial charge in [-0.2, -0.15) is 0 Å². The highest BCUT2D eigenvalue weighted by Crippen LogP contribution is 2.31. The standard InChI is InChI=1S/C16H14O4/c17-16(20-12-6-2-1-3-7-12)10-13-11-18-14-8-4-5-9-15(14)19-13/h1-9,13H,10-11H2/t13-/m0/s1. The molecule has 1 aliphatic heterocycles. The Bertz CT molecular complexity index is 594. The maximum absolute atomic E-state index is 11.8. The summed E-state index contributed by atoms with van der Waals surface area (Å²) in [6.45, 7) is 0.348. The van der Waals surface area contributed by atoms with E-state index in [0.717, 1.165) is 0 Å². The Morgan fingerprint density at radius 3 is 2.55 bits per heavy atom. The summed E-state index contributed by atoms with van der Waals surface area (Å²) in [5.74, 6) is 1.58. The number of fused-ring (bicyclic) bond motifs is 1. The van der Waals surface area contributed by atoms with Crippen LogP contribution in [0.1, 0.15) is 6.42 Å². The molecule has 0 bridgehead atoms. The third-order valence-corrected chi connectivity index (χ3v) is 2.94. The Kier molecular flexibility index (Phi) is 3.54. The normalized spacial score (nSPS) is 16.5. The first-order valence-electron chi connectivity index (χ1n) is 6.45. The molecule has 0 saturated carbocycles. The maximum atomic E-state index is 11.8. The van der Waals surface area contributed by atoms with E-state index in [4.69, 9.17) is 14.2 Å². The summed E-state index contributed by atoms with van der Waals surface area (Å²) in [5, 5.41) is 0. The first-order valence-corrected chi connectivity index (χ1v) is 6.45. The molecular weight excluding hydrogens is 256 g/mol. The third-order valence-electron chi connectivity index (χ3n) is 2.94. The van der Waals surface area contributed by atoms with E-state index in [9.17, 15) is 4.79 Å². The topological polar surface area (TPSA) is 44.8 Å². The number of rotatable bonds is 3. The summed E-state index contributed by atoms with van der Waals surface area (Å²) in [7, 11) is 0. The van der Waals surface area contributed by atoms with Gasteiger partial charge in [-0.25, -0.2) is 0 Å². The minimum absolute atomic E-state index is 0.156. The van der Waals surface area contributed by atoms with Crippen molar-refractivity contribution in [3.63, 3.8) is 0 Å². The van der Waals surface area contributed by atoms with Crippen LogP contribution in [0.15, 0.2) is 54.6 Å². The van der Waals surface area contributed by atoms with Crippen LogP contribution in [-0.4, -0.2) is 18.7 Å². The second-order valence-corrected chi connectivity index (χ2v) is 4.49. The monoisotopic (exact) mass is 270 g/mol. The van der Waals surface area contributed by atoms with Gasteiger partial charge in [0.1, 0.15) is 18.5 Å². The molecule has 102 valence electrons. The molecule has 1 aliphatic rings. The molecule has 1 heterocycles. The summed E-state index contributed by atoms with van der Waals surface area (Å²) < 4.78 is 16.5. The lowest BCUT2D eigenvalue weighted by Gasteiger charge is -2.25. The second-order valence-electron chi connectivity index (χ2n) is 4.49. The highest BCUT2D eigenvalue weighted by atomic mass is 16.6. The zero-order valence-electron chi connectivity index (χ0n) is 10.8. The van der Waals surface area contributed by atoms with Crippen molar-refractivity contribution in [2.75, 3.05) is 6.61 Å². The van der Waals surface area contributed by atoms with Crippen molar-refractivity contribution in [3.8, 4) is 17.2 Å². The molecule has 2 aromatic carbocycles. The SMILES string of the molecule is O=C(C[C@H]1COc2ccccc2O1)Oc1ccccc1. The molecule has 3 rings (SSSR count). The summed E-state index contributed by atoms with van der Waals surface area (Å²) in [6, 6.07) is 16.4. The van der Waals surface area contributed by atoms with Gasteiger partial charge in [0, 0.05) is 0 Å². The molecule has 20 heavy (non-hydrogen) atoms. The van der Waals surface area contributed by atoms with Gasteiger partial charge in [-0.05, 0) is 24.3 Å². The zero-order valence-corrected chi connectivity index (χ0v) is 10.8. The van der Waals surface area contributed by atoms with Crippen molar-refractivity contribution in [3.05, 3.63) is 54.6 Å². The van der Waals surface area contributed by atoms with Crippen LogP contribution in [0.5, 0.6) is 17.2 Å². The predicted octanol–water partition coefficient (Wildman–Crippen LogP) is 2.82. The minimum Gasteiger partial charge on any atom is -0.486 e. The molecule has 0 amide bonds. The van der Waals surface area contributed by atoms with E-state index in [0.29, 0.717) is 23.9 Å². The van der Waals surface area contributed by atoms with Gasteiger partial charge < -0.3 is 14.2 Å². The van der Waals surface area contributed by atoms with Crippen LogP contribution < -0.4 is 14.2 Å². The van der Waals surface area contributed by atoms with Crippen LogP contribution in [0.2, 0.25) is 0 Å². The fourth-order valence-corrected chi connectivity index (χ4v) is 2.01. The lowest BCUT2D eigenvalue weighted by Crippen LogP contribution is -2.32. The lowest BCUT2D eigenvalue weighted by molar-refractivity contribution is -0.136. The van der Waals surface area contributed by atoms with Gasteiger partial charge in [-0.1, -0.05) is 30.3 Å². The van der Waals surface area contributed by atoms with Gasteiger partial charge in [0.25, 0.3) is 0 Å². The number of hydrogen-bond donors (Lipinski definition) is 0. The Hall–Kier alpha value is -2.49. The van der Waals surface area contributed by atoms with Gasteiger partial charge in [-0.15, -0.1) is 0 Å². The van der Waals surface area contributed by atoms with Crippen molar-refractivity contribution >= 4 is 5.97 Å². The van der Waals surface area contributed by atoms with E-state index in [1.54, 1.807) is 12.1 Å². The Morgan fingerprint density at radius 1 is 1.05 bits per heavy atom. The van der Waals surface area contributed by atoms with Gasteiger partial charge in [-0.3, -0.25) is 4.79 Å². The van der Waals surface area contributed by atoms with Crippen LogP contribution in [0.3, 0.4) is 0 Å². The Morgan fingerprint density at radius 2 is 1.75 bits per heavy atom. The fraction of sp³-hybridized carbons (Fsp3) is 0.188. The van der Waals surface area contributed by atoms with Crippen LogP contribution in [-0.2, 0) is 4.79 Å². The molecule has 0 N–H and O–H groups in total. The van der Waals surface area contributed by atoms with E-state index in [1.807, 2.05) is 42.5 Å². The average molecular weight is 270 g/mol. The van der Waals surface area contributed by atoms with Crippen LogP contribution >= 0.6 is 0 Å². The van der Waals surface area contributed by atoms with E-state index in [-0.39, 0.29) is 18.5 Å². The van der Waals surface area contributed by atoms with Gasteiger partial charge >= 0.3 is 5.97 Å². The van der Waals surface area contributed by atoms with Gasteiger partial charge in [0.05, 0.1) is 6.42 Å². The van der Waals surface area contributed by atoms with E-state index in [2.05, 4.69) is 0 Å². The summed E-state index contributed by atoms with van der Waals surface area (Å²) >= 11 is 0. The summed E-state index contributed by atoms with van der Waals surface area (Å²) in [4.78, 5) is 11.8. The number of carbonyl (C=O) groups is 1. The first-order chi connectivity index (χ1) is 9.81. The molecule has 0 unspecified atom stereocenters. The number of esters is 1. The number of carbonyl (C=O) groups excluding carboxylic acids is 1. The van der Waals surface area contributed by atoms with E-state index in [1.165, 1.54) is 0 Å². The molecule has 0 spiro atoms. The van der Waals surface area contributed by atoms with Crippen molar-refractivity contribution < 1.29 is 19.0 Å². The fourth-order valence-electron chi connectivity index (χ4n) is 2.01. The minimum atomic E-state index is -0.329. The Balaban J connectivity index is 1.58. The van der Waals surface area contributed by atoms with Crippen LogP contribution in [0, 0.1) is 0 Å². The lowest BCUT2D eigenvalue weighted by atomic mass is 10.2. The molecule has 2 aromatic rings. The molecule has 4 heteroatoms. The van der Waals surface area contributed by atoms with Crippen LogP contribution in [0.4, 0.5) is 0 Å². The maximum Gasteiger partial charge on any atom is 0.315 e. The highest BCUT2D eigenvalue weighted by Gasteiger charge is 2.24. The Labute approximate surface area is 116 Å². The molecule has 4 nitrogen and oxygen atoms in total. The van der Waals surface area contributed by atoms with Crippen molar-refractivity contribution in [1.82, 2.24) is 0 Å². The molecular formula is C16H14O4. The average Bonchev–Trinajstić information content (AvgIpc) is 2.48. The summed E-state index contributed by atoms with van der Waals surface area (Å²) in [5.41, 5.74) is 0. The number of ether oxygens (including phenoxy) is 3. The molecule has 0 radical (unpaired) electrons. The predicted molar refractivity (Wildman–Crippen MR) is 73.0 cm³/mol. The smallest absolute Gasteiger partial charge is 0.315 e. The highest BCUT2D eigenvalue weighted by molar-refractivity contribution is 5.73. The summed E-state index contributed by atoms with van der Waals surface area (Å²) in [6.07, 6.45) is -0.162. The van der Waals surface area contributed by atoms with E-state index < -0.39 is 0 Å². The number of para-hydroxylation sites is 3. The zero-order chi connectivity index (χ0) is 13.8. The largest absolute Gasteiger partial charge is 0.486 e. The molecule has 0 aliphatic carbocycles. The quantitative estimate of drug-likeness (QED) is 0.635. The van der Waals surface area contributed by atoms with Gasteiger partial charge in [0.15, 0.2) is 11.5 Å². The molecule has 0 saturated heterocycles. The second kappa shape index (κ2) is 5.65. The van der Waals surface area contributed by atoms with Crippen molar-refractivity contribution in [1.29, 1.82) is 0 Å². The molecule has 1 atom stereocenters. The third kappa shape index (κ3) is 2.91. The molecule has 0 aromatic heterocycles. The molecule has 0 fully saturated rings. The van der Waals surface area contributed by atoms with Gasteiger partial charge in [0.2, 0.25) is 0 Å². The van der Waals surface area contributed by atoms with Crippen molar-refractivity contribution in [2.45, 2.75) is 12.5 Å². The number of hydrogen-bond acceptors (Lipinski definition) is 4. The van der Waals surface area contributed by atoms with E-state index >= 15 is 0 Å². The van der Waals surface area contributed by atoms with Crippen LogP contribution in [0.25, 0.3) is 0 Å².